The van der Waals surface area contributed by atoms with E-state index in [9.17, 15) is 0 Å². The Morgan fingerprint density at radius 1 is 0.929 bits per heavy atom. The molecule has 0 radical (unpaired) electrons. The Kier molecular flexibility index (Phi) is 11.3. The van der Waals surface area contributed by atoms with Crippen molar-refractivity contribution in [2.75, 3.05) is 0 Å². The Hall–Kier alpha value is -0.916. The van der Waals surface area contributed by atoms with Crippen LogP contribution in [0.5, 0.6) is 0 Å². The summed E-state index contributed by atoms with van der Waals surface area (Å²) >= 11 is 2.26. The van der Waals surface area contributed by atoms with Crippen molar-refractivity contribution >= 4 is 3.81 Å². The van der Waals surface area contributed by atoms with Crippen LogP contribution >= 0.6 is 0 Å². The third-order valence-corrected chi connectivity index (χ3v) is 5.67. The molecule has 0 atom stereocenters. The first kappa shape index (κ1) is 25.1. The fraction of sp³-hybridized carbons (Fsp3) is 0.320. The quantitative estimate of drug-likeness (QED) is 0.345. The van der Waals surface area contributed by atoms with Gasteiger partial charge in [-0.3, -0.25) is 6.08 Å². The molecule has 0 nitrogen and oxygen atoms in total. The zero-order valence-electron chi connectivity index (χ0n) is 16.6. The molecule has 0 bridgehead atoms. The van der Waals surface area contributed by atoms with E-state index in [0.29, 0.717) is 0 Å². The Morgan fingerprint density at radius 2 is 1.64 bits per heavy atom. The van der Waals surface area contributed by atoms with Crippen molar-refractivity contribution in [3.05, 3.63) is 83.0 Å². The van der Waals surface area contributed by atoms with Gasteiger partial charge in [0.05, 0.1) is 0 Å². The van der Waals surface area contributed by atoms with Crippen molar-refractivity contribution < 1.29 is 44.8 Å². The van der Waals surface area contributed by atoms with Gasteiger partial charge in [0.1, 0.15) is 0 Å². The van der Waals surface area contributed by atoms with Gasteiger partial charge in [0.15, 0.2) is 0 Å². The number of fused-ring (bicyclic) bond motifs is 3. The monoisotopic (exact) mass is 444 g/mol. The summed E-state index contributed by atoms with van der Waals surface area (Å²) in [6.07, 6.45) is 16.8. The van der Waals surface area contributed by atoms with Crippen LogP contribution in [0.4, 0.5) is 0 Å². The maximum absolute atomic E-state index is 3.45. The van der Waals surface area contributed by atoms with Crippen molar-refractivity contribution in [3.63, 3.8) is 0 Å². The van der Waals surface area contributed by atoms with E-state index < -0.39 is 0 Å². The van der Waals surface area contributed by atoms with E-state index in [1.54, 1.807) is 3.81 Å². The molecule has 146 valence electrons. The Labute approximate surface area is 194 Å². The van der Waals surface area contributed by atoms with E-state index in [-0.39, 0.29) is 24.8 Å². The third-order valence-electron chi connectivity index (χ3n) is 4.88. The molecule has 1 fully saturated rings. The molecule has 3 aliphatic rings. The second-order valence-electron chi connectivity index (χ2n) is 7.18. The van der Waals surface area contributed by atoms with E-state index in [1.165, 1.54) is 59.1 Å². The van der Waals surface area contributed by atoms with Crippen molar-refractivity contribution in [3.8, 4) is 11.1 Å². The standard InChI is InChI=1S/C15H13.C5H8.C5H5.2ClH.Ti/c1-10-3-5-14-12(7-10)9-13-8-11(2)4-6-15(13)14;2*1-2-4-5-3-1;;;/h3-7H,9H2,1-2H3;1-4H2;1-3H,4H2;2*1H;/q-1;;-1;;;+2/p-2. The molecule has 0 aromatic heterocycles. The van der Waals surface area contributed by atoms with Crippen LogP contribution in [0.25, 0.3) is 11.1 Å². The van der Waals surface area contributed by atoms with Gasteiger partial charge in [-0.25, -0.2) is 12.2 Å². The average molecular weight is 445 g/mol. The van der Waals surface area contributed by atoms with Crippen LogP contribution in [0.2, 0.25) is 0 Å². The van der Waals surface area contributed by atoms with Crippen LogP contribution in [0, 0.1) is 26.0 Å². The first-order chi connectivity index (χ1) is 12.6. The van der Waals surface area contributed by atoms with Crippen LogP contribution < -0.4 is 24.8 Å². The molecule has 3 heteroatoms. The molecule has 0 heterocycles. The Morgan fingerprint density at radius 3 is 2.18 bits per heavy atom. The topological polar surface area (TPSA) is 0 Å². The minimum atomic E-state index is 0. The van der Waals surface area contributed by atoms with E-state index in [2.05, 4.69) is 82.4 Å². The predicted molar refractivity (Wildman–Crippen MR) is 108 cm³/mol. The van der Waals surface area contributed by atoms with Gasteiger partial charge in [-0.1, -0.05) is 36.2 Å². The van der Waals surface area contributed by atoms with Gasteiger partial charge in [-0.05, 0) is 18.9 Å². The molecule has 5 rings (SSSR count). The molecule has 2 aromatic rings. The molecule has 1 saturated carbocycles. The summed E-state index contributed by atoms with van der Waals surface area (Å²) in [5, 5.41) is 0. The summed E-state index contributed by atoms with van der Waals surface area (Å²) in [6.45, 7) is 4.26. The summed E-state index contributed by atoms with van der Waals surface area (Å²) in [6, 6.07) is 14.5. The maximum atomic E-state index is 3.45. The van der Waals surface area contributed by atoms with Gasteiger partial charge in [0, 0.05) is 0 Å². The van der Waals surface area contributed by atoms with E-state index >= 15 is 0 Å². The van der Waals surface area contributed by atoms with Gasteiger partial charge in [0.25, 0.3) is 0 Å². The molecule has 2 aromatic carbocycles. The summed E-state index contributed by atoms with van der Waals surface area (Å²) < 4.78 is 1.70. The zero-order valence-corrected chi connectivity index (χ0v) is 19.7. The first-order valence-electron chi connectivity index (χ1n) is 9.53. The molecule has 0 spiro atoms. The van der Waals surface area contributed by atoms with Crippen LogP contribution in [0.15, 0.2) is 48.6 Å². The van der Waals surface area contributed by atoms with Crippen LogP contribution in [0.3, 0.4) is 0 Å². The molecule has 28 heavy (non-hydrogen) atoms. The number of halogens is 2. The normalized spacial score (nSPS) is 14.6. The summed E-state index contributed by atoms with van der Waals surface area (Å²) in [5.74, 6) is 0. The zero-order chi connectivity index (χ0) is 18.4. The average Bonchev–Trinajstić information content (AvgIpc) is 3.37. The van der Waals surface area contributed by atoms with Gasteiger partial charge in [0.2, 0.25) is 0 Å². The number of aryl methyl sites for hydroxylation is 2. The first-order valence-corrected chi connectivity index (χ1v) is 10.3. The Balaban J connectivity index is 0.000000252. The minimum absolute atomic E-state index is 0. The van der Waals surface area contributed by atoms with Gasteiger partial charge in [-0.15, -0.1) is 17.5 Å². The third kappa shape index (κ3) is 7.16. The molecule has 0 aliphatic heterocycles. The van der Waals surface area contributed by atoms with Crippen molar-refractivity contribution in [2.24, 2.45) is 0 Å². The second kappa shape index (κ2) is 12.6. The van der Waals surface area contributed by atoms with E-state index in [1.807, 2.05) is 12.2 Å². The molecule has 0 unspecified atom stereocenters. The van der Waals surface area contributed by atoms with Crippen LogP contribution in [-0.4, -0.2) is 3.81 Å². The van der Waals surface area contributed by atoms with Gasteiger partial charge in [-0.2, -0.15) is 29.8 Å². The molecule has 0 saturated heterocycles. The predicted octanol–water partition coefficient (Wildman–Crippen LogP) is 0.268. The van der Waals surface area contributed by atoms with Gasteiger partial charge < -0.3 is 24.8 Å². The molecule has 3 aliphatic carbocycles. The van der Waals surface area contributed by atoms with Crippen molar-refractivity contribution in [2.45, 2.75) is 52.4 Å². The number of hydrogen-bond donors (Lipinski definition) is 0. The van der Waals surface area contributed by atoms with Crippen LogP contribution in [-0.2, 0) is 26.4 Å². The SMILES string of the molecule is Cc1[c-]c2c(cc1)-c1ccc(C)cc1C2.[C-]1=CC=CC1.[Cl-].[Cl-].[Ti+2]=[C]1CCCC1. The fourth-order valence-corrected chi connectivity index (χ4v) is 4.06. The van der Waals surface area contributed by atoms with E-state index in [4.69, 9.17) is 0 Å². The number of benzene rings is 2. The number of allylic oxidation sites excluding steroid dienone is 4. The molecule has 0 N–H and O–H groups in total. The molecular formula is C25H26Cl2Ti-2. The van der Waals surface area contributed by atoms with Crippen molar-refractivity contribution in [1.29, 1.82) is 0 Å². The Bertz CT molecular complexity index is 782. The summed E-state index contributed by atoms with van der Waals surface area (Å²) in [4.78, 5) is 0. The number of hydrogen-bond acceptors (Lipinski definition) is 0. The fourth-order valence-electron chi connectivity index (χ4n) is 3.51. The molecule has 0 amide bonds. The summed E-state index contributed by atoms with van der Waals surface area (Å²) in [5.41, 5.74) is 8.15. The molecular weight excluding hydrogens is 419 g/mol. The number of rotatable bonds is 0. The van der Waals surface area contributed by atoms with Gasteiger partial charge >= 0.3 is 49.5 Å². The van der Waals surface area contributed by atoms with E-state index in [0.717, 1.165) is 12.8 Å². The summed E-state index contributed by atoms with van der Waals surface area (Å²) in [7, 11) is 0. The van der Waals surface area contributed by atoms with Crippen LogP contribution in [0.1, 0.15) is 54.4 Å². The second-order valence-corrected chi connectivity index (χ2v) is 8.29. The van der Waals surface area contributed by atoms with Crippen molar-refractivity contribution in [1.82, 2.24) is 0 Å².